The number of methoxy groups -OCH3 is 1. The molecule has 2 heterocycles. The molecule has 0 saturated heterocycles. The molecule has 2 aromatic carbocycles. The van der Waals surface area contributed by atoms with Gasteiger partial charge in [0, 0.05) is 5.56 Å². The van der Waals surface area contributed by atoms with Crippen molar-refractivity contribution in [3.8, 4) is 23.0 Å². The number of rotatable bonds is 13. The van der Waals surface area contributed by atoms with E-state index in [0.29, 0.717) is 68.6 Å². The minimum atomic E-state index is -0.897. The number of phenolic OH excluding ortho intramolecular Hbond substituents is 1. The Bertz CT molecular complexity index is 1820. The van der Waals surface area contributed by atoms with Crippen LogP contribution in [-0.2, 0) is 25.5 Å². The minimum absolute atomic E-state index is 0.0224. The Morgan fingerprint density at radius 3 is 2.44 bits per heavy atom. The van der Waals surface area contributed by atoms with Gasteiger partial charge in [-0.05, 0) is 75.6 Å². The van der Waals surface area contributed by atoms with E-state index in [-0.39, 0.29) is 30.1 Å². The normalized spacial score (nSPS) is 14.3. The number of carbonyl (C=O) groups excluding carboxylic acids is 2. The lowest BCUT2D eigenvalue weighted by Gasteiger charge is -2.25. The van der Waals surface area contributed by atoms with Gasteiger partial charge in [0.1, 0.15) is 0 Å². The van der Waals surface area contributed by atoms with E-state index in [4.69, 9.17) is 18.9 Å². The van der Waals surface area contributed by atoms with Crippen molar-refractivity contribution in [1.82, 2.24) is 4.57 Å². The van der Waals surface area contributed by atoms with Crippen molar-refractivity contribution < 1.29 is 38.4 Å². The molecular weight excluding hydrogens is 600 g/mol. The van der Waals surface area contributed by atoms with E-state index in [1.807, 2.05) is 6.92 Å². The van der Waals surface area contributed by atoms with Gasteiger partial charge in [0.15, 0.2) is 34.4 Å². The number of aromatic hydroxyl groups is 1. The van der Waals surface area contributed by atoms with E-state index in [9.17, 15) is 19.5 Å². The number of nitrogens with zero attached hydrogens (tertiary/aromatic N) is 2. The van der Waals surface area contributed by atoms with Crippen molar-refractivity contribution >= 4 is 29.4 Å². The van der Waals surface area contributed by atoms with Gasteiger partial charge < -0.3 is 28.8 Å². The summed E-state index contributed by atoms with van der Waals surface area (Å²) in [5.74, 6) is -0.224. The Balaban J connectivity index is 1.92. The molecule has 1 aliphatic heterocycles. The molecule has 4 rings (SSSR count). The molecule has 12 heteroatoms. The van der Waals surface area contributed by atoms with E-state index < -0.39 is 18.0 Å². The average Bonchev–Trinajstić information content (AvgIpc) is 3.31. The van der Waals surface area contributed by atoms with Crippen LogP contribution in [0.3, 0.4) is 0 Å². The zero-order chi connectivity index (χ0) is 32.7. The highest BCUT2D eigenvalue weighted by atomic mass is 32.1. The molecule has 1 aliphatic rings. The van der Waals surface area contributed by atoms with Crippen molar-refractivity contribution in [2.24, 2.45) is 4.99 Å². The first kappa shape index (κ1) is 33.1. The van der Waals surface area contributed by atoms with Gasteiger partial charge in [0.05, 0.1) is 48.8 Å². The molecule has 0 unspecified atom stereocenters. The Labute approximate surface area is 264 Å². The summed E-state index contributed by atoms with van der Waals surface area (Å²) in [4.78, 5) is 44.1. The summed E-state index contributed by atoms with van der Waals surface area (Å²) in [6.07, 6.45) is 3.77. The standard InChI is InChI=1S/C33H36N2O9S/c1-7-11-22-14-20(15-25(30(22)37)42-9-3)16-26-31(38)35-29(28(32(39)43-10-4)19(5)34-33(35)45-26)21-12-13-23(24(17-21)41-8-2)44-18-27(36)40-6/h7,12-17,29,37H,1,8-11,18H2,2-6H3/b26-16-/t29-/m1/s1. The summed E-state index contributed by atoms with van der Waals surface area (Å²) >= 11 is 1.17. The number of thiazole rings is 1. The van der Waals surface area contributed by atoms with Crippen LogP contribution in [0.15, 0.2) is 64.0 Å². The number of phenols is 1. The lowest BCUT2D eigenvalue weighted by molar-refractivity contribution is -0.143. The molecule has 45 heavy (non-hydrogen) atoms. The summed E-state index contributed by atoms with van der Waals surface area (Å²) in [6, 6.07) is 7.52. The molecule has 11 nitrogen and oxygen atoms in total. The average molecular weight is 637 g/mol. The summed E-state index contributed by atoms with van der Waals surface area (Å²) in [5, 5.41) is 10.6. The van der Waals surface area contributed by atoms with E-state index in [1.54, 1.807) is 63.3 Å². The second kappa shape index (κ2) is 14.8. The first-order chi connectivity index (χ1) is 21.7. The summed E-state index contributed by atoms with van der Waals surface area (Å²) in [5.41, 5.74) is 2.03. The zero-order valence-corrected chi connectivity index (χ0v) is 26.7. The van der Waals surface area contributed by atoms with Crippen molar-refractivity contribution in [1.29, 1.82) is 0 Å². The van der Waals surface area contributed by atoms with E-state index in [0.717, 1.165) is 0 Å². The smallest absolute Gasteiger partial charge is 0.343 e. The van der Waals surface area contributed by atoms with Crippen molar-refractivity contribution in [2.75, 3.05) is 33.5 Å². The number of carbonyl (C=O) groups is 2. The zero-order valence-electron chi connectivity index (χ0n) is 25.9. The largest absolute Gasteiger partial charge is 0.504 e. The second-order valence-corrected chi connectivity index (χ2v) is 10.8. The first-order valence-corrected chi connectivity index (χ1v) is 15.2. The molecule has 238 valence electrons. The van der Waals surface area contributed by atoms with Crippen LogP contribution in [0.1, 0.15) is 50.4 Å². The number of allylic oxidation sites excluding steroid dienone is 2. The van der Waals surface area contributed by atoms with E-state index >= 15 is 0 Å². The quantitative estimate of drug-likeness (QED) is 0.221. The third-order valence-corrected chi connectivity index (χ3v) is 7.79. The van der Waals surface area contributed by atoms with Crippen LogP contribution >= 0.6 is 11.3 Å². The SMILES string of the molecule is C=CCc1cc(/C=c2\sc3n(c2=O)[C@H](c2ccc(OCC(=O)OC)c(OCC)c2)C(C(=O)OCC)=C(C)N=3)cc(OCC)c1O. The number of ether oxygens (including phenoxy) is 5. The van der Waals surface area contributed by atoms with Gasteiger partial charge in [-0.15, -0.1) is 6.58 Å². The lowest BCUT2D eigenvalue weighted by atomic mass is 9.95. The highest BCUT2D eigenvalue weighted by Crippen LogP contribution is 2.37. The fraction of sp³-hybridized carbons (Fsp3) is 0.333. The Morgan fingerprint density at radius 1 is 1.04 bits per heavy atom. The number of fused-ring (bicyclic) bond motifs is 1. The van der Waals surface area contributed by atoms with Gasteiger partial charge in [-0.2, -0.15) is 0 Å². The molecule has 1 aromatic heterocycles. The summed E-state index contributed by atoms with van der Waals surface area (Å²) in [7, 11) is 1.26. The first-order valence-electron chi connectivity index (χ1n) is 14.4. The molecule has 0 saturated carbocycles. The van der Waals surface area contributed by atoms with E-state index in [2.05, 4.69) is 16.3 Å². The van der Waals surface area contributed by atoms with Crippen LogP contribution < -0.4 is 29.1 Å². The molecule has 0 amide bonds. The topological polar surface area (TPSA) is 135 Å². The van der Waals surface area contributed by atoms with Crippen molar-refractivity contribution in [2.45, 2.75) is 40.2 Å². The van der Waals surface area contributed by atoms with Crippen LogP contribution in [0.4, 0.5) is 0 Å². The monoisotopic (exact) mass is 636 g/mol. The molecule has 0 bridgehead atoms. The maximum absolute atomic E-state index is 14.1. The van der Waals surface area contributed by atoms with Gasteiger partial charge in [-0.25, -0.2) is 14.6 Å². The van der Waals surface area contributed by atoms with E-state index in [1.165, 1.54) is 23.0 Å². The molecule has 0 fully saturated rings. The second-order valence-electron chi connectivity index (χ2n) is 9.76. The maximum Gasteiger partial charge on any atom is 0.343 e. The van der Waals surface area contributed by atoms with Gasteiger partial charge in [0.2, 0.25) is 0 Å². The van der Waals surface area contributed by atoms with Gasteiger partial charge in [-0.3, -0.25) is 9.36 Å². The van der Waals surface area contributed by atoms with Crippen LogP contribution in [0, 0.1) is 0 Å². The summed E-state index contributed by atoms with van der Waals surface area (Å²) in [6.45, 7) is 11.2. The van der Waals surface area contributed by atoms with Crippen LogP contribution in [0.5, 0.6) is 23.0 Å². The Morgan fingerprint density at radius 2 is 1.78 bits per heavy atom. The third kappa shape index (κ3) is 7.12. The predicted molar refractivity (Wildman–Crippen MR) is 169 cm³/mol. The van der Waals surface area contributed by atoms with Crippen molar-refractivity contribution in [3.63, 3.8) is 0 Å². The predicted octanol–water partition coefficient (Wildman–Crippen LogP) is 3.58. The molecule has 0 spiro atoms. The molecule has 3 aromatic rings. The minimum Gasteiger partial charge on any atom is -0.504 e. The Kier molecular flexibility index (Phi) is 10.8. The third-order valence-electron chi connectivity index (χ3n) is 6.81. The number of aromatic nitrogens is 1. The molecular formula is C33H36N2O9S. The van der Waals surface area contributed by atoms with Gasteiger partial charge in [0.25, 0.3) is 5.56 Å². The highest BCUT2D eigenvalue weighted by molar-refractivity contribution is 7.07. The van der Waals surface area contributed by atoms with Crippen LogP contribution in [0.2, 0.25) is 0 Å². The fourth-order valence-corrected chi connectivity index (χ4v) is 5.93. The van der Waals surface area contributed by atoms with Crippen LogP contribution in [0.25, 0.3) is 6.08 Å². The molecule has 0 aliphatic carbocycles. The highest BCUT2D eigenvalue weighted by Gasteiger charge is 2.34. The number of hydrogen-bond donors (Lipinski definition) is 1. The summed E-state index contributed by atoms with van der Waals surface area (Å²) < 4.78 is 29.0. The number of hydrogen-bond acceptors (Lipinski definition) is 11. The molecule has 1 N–H and O–H groups in total. The fourth-order valence-electron chi connectivity index (χ4n) is 4.89. The van der Waals surface area contributed by atoms with Gasteiger partial charge >= 0.3 is 11.9 Å². The molecule has 1 atom stereocenters. The van der Waals surface area contributed by atoms with Crippen LogP contribution in [-0.4, -0.2) is 55.1 Å². The lowest BCUT2D eigenvalue weighted by Crippen LogP contribution is -2.40. The van der Waals surface area contributed by atoms with Crippen molar-refractivity contribution in [3.05, 3.63) is 90.6 Å². The maximum atomic E-state index is 14.1. The number of benzene rings is 2. The van der Waals surface area contributed by atoms with Gasteiger partial charge in [-0.1, -0.05) is 23.5 Å². The Hall–Kier alpha value is -4.84. The number of esters is 2. The molecule has 0 radical (unpaired) electrons.